The van der Waals surface area contributed by atoms with Gasteiger partial charge in [0.25, 0.3) is 17.5 Å². The molecular formula is C19H14N2O5. The third kappa shape index (κ3) is 2.69. The fraction of sp³-hybridized carbons (Fsp3) is 0.105. The monoisotopic (exact) mass is 350 g/mol. The highest BCUT2D eigenvalue weighted by atomic mass is 16.6. The Morgan fingerprint density at radius 1 is 1.08 bits per heavy atom. The van der Waals surface area contributed by atoms with Crippen LogP contribution in [0.2, 0.25) is 0 Å². The first-order chi connectivity index (χ1) is 12.3. The summed E-state index contributed by atoms with van der Waals surface area (Å²) in [4.78, 5) is 48.9. The Morgan fingerprint density at radius 2 is 1.65 bits per heavy atom. The Bertz CT molecular complexity index is 944. The number of amides is 2. The van der Waals surface area contributed by atoms with E-state index in [1.54, 1.807) is 12.1 Å². The molecule has 0 saturated carbocycles. The van der Waals surface area contributed by atoms with E-state index in [0.717, 1.165) is 4.90 Å². The molecule has 7 nitrogen and oxygen atoms in total. The zero-order valence-corrected chi connectivity index (χ0v) is 13.8. The third-order valence-corrected chi connectivity index (χ3v) is 4.26. The van der Waals surface area contributed by atoms with E-state index < -0.39 is 28.6 Å². The van der Waals surface area contributed by atoms with E-state index in [0.29, 0.717) is 0 Å². The van der Waals surface area contributed by atoms with Crippen molar-refractivity contribution < 1.29 is 19.3 Å². The molecule has 2 aromatic rings. The normalized spacial score (nSPS) is 14.1. The lowest BCUT2D eigenvalue weighted by molar-refractivity contribution is -0.384. The van der Waals surface area contributed by atoms with Crippen LogP contribution in [0.3, 0.4) is 0 Å². The summed E-state index contributed by atoms with van der Waals surface area (Å²) in [5, 5.41) is 11.1. The van der Waals surface area contributed by atoms with Crippen LogP contribution in [0.4, 0.5) is 5.69 Å². The molecule has 2 amide bonds. The van der Waals surface area contributed by atoms with Crippen LogP contribution in [0.25, 0.3) is 0 Å². The number of nitrogens with zero attached hydrogens (tertiary/aromatic N) is 2. The molecule has 0 fully saturated rings. The van der Waals surface area contributed by atoms with E-state index in [-0.39, 0.29) is 28.0 Å². The quantitative estimate of drug-likeness (QED) is 0.357. The Morgan fingerprint density at radius 3 is 2.15 bits per heavy atom. The second-order valence-corrected chi connectivity index (χ2v) is 5.86. The van der Waals surface area contributed by atoms with E-state index in [4.69, 9.17) is 0 Å². The van der Waals surface area contributed by atoms with Crippen molar-refractivity contribution in [2.75, 3.05) is 0 Å². The van der Waals surface area contributed by atoms with Crippen molar-refractivity contribution in [1.82, 2.24) is 4.90 Å². The third-order valence-electron chi connectivity index (χ3n) is 4.26. The summed E-state index contributed by atoms with van der Waals surface area (Å²) in [5.74, 6) is -1.55. The SMILES string of the molecule is C=C(C(C)=O)[C@@H](c1cccc([N+](=O)[O-])c1)N1C(=O)c2ccccc2C1=O. The molecule has 1 aliphatic heterocycles. The maximum Gasteiger partial charge on any atom is 0.269 e. The summed E-state index contributed by atoms with van der Waals surface area (Å²) >= 11 is 0. The van der Waals surface area contributed by atoms with Crippen LogP contribution in [0, 0.1) is 10.1 Å². The van der Waals surface area contributed by atoms with Crippen LogP contribution in [0.5, 0.6) is 0 Å². The standard InChI is InChI=1S/C19H14N2O5/c1-11(12(2)22)17(13-6-5-7-14(10-13)21(25)26)20-18(23)15-8-3-4-9-16(15)19(20)24/h3-10,17H,1H2,2H3/t17-/m0/s1. The van der Waals surface area contributed by atoms with E-state index in [9.17, 15) is 24.5 Å². The van der Waals surface area contributed by atoms with E-state index >= 15 is 0 Å². The number of nitro benzene ring substituents is 1. The minimum Gasteiger partial charge on any atom is -0.295 e. The van der Waals surface area contributed by atoms with Crippen molar-refractivity contribution in [3.8, 4) is 0 Å². The largest absolute Gasteiger partial charge is 0.295 e. The molecule has 0 aromatic heterocycles. The number of fused-ring (bicyclic) bond motifs is 1. The van der Waals surface area contributed by atoms with Crippen molar-refractivity contribution in [3.63, 3.8) is 0 Å². The van der Waals surface area contributed by atoms with Gasteiger partial charge in [0.1, 0.15) is 0 Å². The number of ketones is 1. The topological polar surface area (TPSA) is 97.6 Å². The molecule has 130 valence electrons. The van der Waals surface area contributed by atoms with Crippen LogP contribution in [-0.2, 0) is 4.79 Å². The van der Waals surface area contributed by atoms with E-state index in [1.807, 2.05) is 0 Å². The molecule has 2 aromatic carbocycles. The summed E-state index contributed by atoms with van der Waals surface area (Å²) in [6.07, 6.45) is 0. The molecular weight excluding hydrogens is 336 g/mol. The summed E-state index contributed by atoms with van der Waals surface area (Å²) in [6, 6.07) is 10.7. The van der Waals surface area contributed by atoms with Gasteiger partial charge in [-0.25, -0.2) is 0 Å². The van der Waals surface area contributed by atoms with Gasteiger partial charge >= 0.3 is 0 Å². The summed E-state index contributed by atoms with van der Waals surface area (Å²) in [5.41, 5.74) is 0.517. The van der Waals surface area contributed by atoms with Crippen LogP contribution in [0.15, 0.2) is 60.7 Å². The second kappa shape index (κ2) is 6.36. The van der Waals surface area contributed by atoms with Crippen molar-refractivity contribution in [3.05, 3.63) is 87.5 Å². The predicted molar refractivity (Wildman–Crippen MR) is 92.6 cm³/mol. The lowest BCUT2D eigenvalue weighted by atomic mass is 9.95. The van der Waals surface area contributed by atoms with Gasteiger partial charge in [0.2, 0.25) is 0 Å². The highest BCUT2D eigenvalue weighted by Gasteiger charge is 2.42. The van der Waals surface area contributed by atoms with Gasteiger partial charge in [-0.3, -0.25) is 29.4 Å². The molecule has 1 aliphatic rings. The van der Waals surface area contributed by atoms with Gasteiger partial charge < -0.3 is 0 Å². The molecule has 0 saturated heterocycles. The summed E-state index contributed by atoms with van der Waals surface area (Å²) < 4.78 is 0. The zero-order chi connectivity index (χ0) is 19.0. The molecule has 3 rings (SSSR count). The van der Waals surface area contributed by atoms with Crippen molar-refractivity contribution in [2.24, 2.45) is 0 Å². The number of hydrogen-bond acceptors (Lipinski definition) is 5. The molecule has 0 bridgehead atoms. The Labute approximate surface area is 148 Å². The average molecular weight is 350 g/mol. The van der Waals surface area contributed by atoms with Crippen LogP contribution in [-0.4, -0.2) is 27.4 Å². The minimum absolute atomic E-state index is 0.00000378. The van der Waals surface area contributed by atoms with Crippen molar-refractivity contribution in [1.29, 1.82) is 0 Å². The first kappa shape index (κ1) is 17.2. The number of nitro groups is 1. The van der Waals surface area contributed by atoms with Gasteiger partial charge in [-0.1, -0.05) is 30.8 Å². The van der Waals surface area contributed by atoms with E-state index in [1.165, 1.54) is 43.3 Å². The number of benzene rings is 2. The lowest BCUT2D eigenvalue weighted by Gasteiger charge is -2.27. The van der Waals surface area contributed by atoms with Gasteiger partial charge in [0.05, 0.1) is 22.1 Å². The molecule has 0 spiro atoms. The van der Waals surface area contributed by atoms with Crippen molar-refractivity contribution in [2.45, 2.75) is 13.0 Å². The highest BCUT2D eigenvalue weighted by molar-refractivity contribution is 6.22. The number of carbonyl (C=O) groups excluding carboxylic acids is 3. The fourth-order valence-electron chi connectivity index (χ4n) is 2.95. The molecule has 0 N–H and O–H groups in total. The van der Waals surface area contributed by atoms with E-state index in [2.05, 4.69) is 6.58 Å². The van der Waals surface area contributed by atoms with Crippen LogP contribution >= 0.6 is 0 Å². The fourth-order valence-corrected chi connectivity index (χ4v) is 2.95. The number of hydrogen-bond donors (Lipinski definition) is 0. The molecule has 26 heavy (non-hydrogen) atoms. The Hall–Kier alpha value is -3.61. The first-order valence-electron chi connectivity index (χ1n) is 7.74. The van der Waals surface area contributed by atoms with Gasteiger partial charge in [-0.2, -0.15) is 0 Å². The highest BCUT2D eigenvalue weighted by Crippen LogP contribution is 2.36. The molecule has 0 aliphatic carbocycles. The second-order valence-electron chi connectivity index (χ2n) is 5.86. The molecule has 0 radical (unpaired) electrons. The number of carbonyl (C=O) groups is 3. The van der Waals surface area contributed by atoms with Crippen molar-refractivity contribution >= 4 is 23.3 Å². The Kier molecular flexibility index (Phi) is 4.21. The number of non-ortho nitro benzene ring substituents is 1. The average Bonchev–Trinajstić information content (AvgIpc) is 2.87. The lowest BCUT2D eigenvalue weighted by Crippen LogP contribution is -2.36. The van der Waals surface area contributed by atoms with Crippen LogP contribution < -0.4 is 0 Å². The van der Waals surface area contributed by atoms with Gasteiger partial charge in [-0.15, -0.1) is 0 Å². The maximum absolute atomic E-state index is 12.8. The van der Waals surface area contributed by atoms with Gasteiger partial charge in [0.15, 0.2) is 5.78 Å². The zero-order valence-electron chi connectivity index (χ0n) is 13.8. The molecule has 7 heteroatoms. The van der Waals surface area contributed by atoms with Crippen LogP contribution in [0.1, 0.15) is 39.2 Å². The van der Waals surface area contributed by atoms with Gasteiger partial charge in [-0.05, 0) is 24.6 Å². The number of Topliss-reactive ketones (excluding diaryl/α,β-unsaturated/α-hetero) is 1. The molecule has 1 heterocycles. The maximum atomic E-state index is 12.8. The predicted octanol–water partition coefficient (Wildman–Crippen LogP) is 3.08. The summed E-state index contributed by atoms with van der Waals surface area (Å²) in [6.45, 7) is 4.98. The Balaban J connectivity index is 2.15. The summed E-state index contributed by atoms with van der Waals surface area (Å²) in [7, 11) is 0. The first-order valence-corrected chi connectivity index (χ1v) is 7.74. The minimum atomic E-state index is -1.11. The number of imide groups is 1. The number of rotatable bonds is 5. The molecule has 0 unspecified atom stereocenters. The molecule has 1 atom stereocenters. The van der Waals surface area contributed by atoms with Gasteiger partial charge in [0, 0.05) is 17.7 Å². The smallest absolute Gasteiger partial charge is 0.269 e.